The molecule has 0 atom stereocenters. The third-order valence-electron chi connectivity index (χ3n) is 24.5. The number of carboxylic acid groups (broad SMARTS) is 3. The second kappa shape index (κ2) is 51.5. The van der Waals surface area contributed by atoms with Crippen LogP contribution in [-0.2, 0) is 57.6 Å². The fourth-order valence-corrected chi connectivity index (χ4v) is 18.3. The fourth-order valence-electron chi connectivity index (χ4n) is 17.2. The zero-order valence-electron chi connectivity index (χ0n) is 81.5. The number of benzene rings is 9. The molecule has 31 nitrogen and oxygen atoms in total. The summed E-state index contributed by atoms with van der Waals surface area (Å²) in [5, 5.41) is 39.8. The van der Waals surface area contributed by atoms with E-state index in [1.54, 1.807) is 89.1 Å². The number of nitrogens with zero attached hydrogens (tertiary/aromatic N) is 8. The number of anilines is 3. The third kappa shape index (κ3) is 25.6. The number of hydrogen-bond acceptors (Lipinski definition) is 22. The molecule has 3 aliphatic heterocycles. The van der Waals surface area contributed by atoms with Crippen molar-refractivity contribution in [2.24, 2.45) is 0 Å². The topological polar surface area (TPSA) is 409 Å². The number of piperazine rings is 3. The smallest absolute Gasteiger partial charge is 1.00 e. The average molecular weight is 2190 g/mol. The van der Waals surface area contributed by atoms with E-state index >= 15 is 8.78 Å². The molecule has 6 aromatic heterocycles. The van der Waals surface area contributed by atoms with Gasteiger partial charge in [-0.15, -0.1) is 0 Å². The second-order valence-electron chi connectivity index (χ2n) is 33.4. The number of fused-ring (bicyclic) bond motifs is 6. The number of aryl methyl sites for hydroxylation is 1. The Balaban J connectivity index is 0.000000207. The molecule has 148 heavy (non-hydrogen) atoms. The molecule has 15 aromatic rings. The maximum absolute atomic E-state index is 15.4. The van der Waals surface area contributed by atoms with Gasteiger partial charge in [-0.3, -0.25) is 28.8 Å². The van der Waals surface area contributed by atoms with Gasteiger partial charge in [-0.2, -0.15) is 0 Å². The van der Waals surface area contributed by atoms with Crippen LogP contribution in [0.1, 0.15) is 125 Å². The molecule has 8 N–H and O–H groups in total. The quantitative estimate of drug-likeness (QED) is 0.0103. The Labute approximate surface area is 898 Å². The van der Waals surface area contributed by atoms with Gasteiger partial charge < -0.3 is 94.9 Å². The first-order chi connectivity index (χ1) is 69.6. The number of aromatic carboxylic acids is 3. The Morgan fingerprint density at radius 1 is 0.324 bits per heavy atom. The van der Waals surface area contributed by atoms with Crippen LogP contribution in [0.3, 0.4) is 0 Å². The molecule has 9 aromatic carbocycles. The van der Waals surface area contributed by atoms with Crippen molar-refractivity contribution in [3.8, 4) is 0 Å². The first-order valence-electron chi connectivity index (χ1n) is 45.6. The van der Waals surface area contributed by atoms with Crippen LogP contribution in [-0.4, -0.2) is 183 Å². The summed E-state index contributed by atoms with van der Waals surface area (Å²) in [6.07, 6.45) is 7.35. The van der Waals surface area contributed by atoms with Gasteiger partial charge in [-0.05, 0) is 116 Å². The standard InChI is InChI=1S/C36H34F2N6O6.C32H24F4N2O6.C16H18FN3O3.C12H9F2NO3.C8H8Br2.2Na.H2O.H/c37-27-13-23-29(15-31(27)41-9-5-39-6-10-41)43(19-25(33(23)45)35(47)48)17-21-3-1-2-4-22(21)18-44-20-26(36(49)50)34(46)24-14-28(38)32(16-30(24)44)42-11-7-40-8-12-42;1-3-43-31(41)21-15-37(27-11-25(35)23(33)9-19(27)29(21)39)13-17-7-5-6-8-18(17)14-38-16-22(32(42)44-4-2)30(40)20-10-24(34)26(36)12-28(20)38;1-2-19-9-11(16(22)23)15(21)10-7-12(17)14(8-13(10)19)20-5-3-18-4-6-20;1-2-18-12(17)7-5-15-10-4-9(14)8(13)3-6(10)11(7)16;9-5-7-3-1-2-4-8(7)6-10;;;;/h1-4,13-16,19-20,39-40H,5-12,17-18H2,(H,47,48)(H,49,50);5-12,15-16H,3-4,13-14H2,1-2H3;7-9,18H,2-6H2,1H3,(H,22,23);3-5H,2H2,1H3,(H,15,16);1-4H,5-6H2;;;1H2;/q;;;;;2*+1;;-1/p-1. The van der Waals surface area contributed by atoms with E-state index in [-0.39, 0.29) is 183 Å². The number of aromatic amines is 1. The van der Waals surface area contributed by atoms with Crippen molar-refractivity contribution in [2.75, 3.05) is 113 Å². The van der Waals surface area contributed by atoms with Gasteiger partial charge in [0.2, 0.25) is 32.6 Å². The minimum atomic E-state index is -1.45. The number of ether oxygens (including phenoxy) is 3. The third-order valence-corrected chi connectivity index (χ3v) is 25.7. The van der Waals surface area contributed by atoms with E-state index in [0.717, 1.165) is 84.5 Å². The summed E-state index contributed by atoms with van der Waals surface area (Å²) >= 11 is 6.86. The van der Waals surface area contributed by atoms with E-state index in [2.05, 4.69) is 81.8 Å². The molecule has 0 bridgehead atoms. The van der Waals surface area contributed by atoms with Gasteiger partial charge in [0.05, 0.1) is 70.0 Å². The van der Waals surface area contributed by atoms with Crippen LogP contribution in [0.5, 0.6) is 0 Å². The number of pyridine rings is 6. The van der Waals surface area contributed by atoms with Gasteiger partial charge in [-0.1, -0.05) is 105 Å². The molecule has 0 spiro atoms. The summed E-state index contributed by atoms with van der Waals surface area (Å²) < 4.78 is 151. The second-order valence-corrected chi connectivity index (χ2v) is 34.5. The van der Waals surface area contributed by atoms with Crippen LogP contribution in [0.25, 0.3) is 65.4 Å². The number of aromatic nitrogens is 6. The van der Waals surface area contributed by atoms with E-state index in [4.69, 9.17) is 14.6 Å². The minimum absolute atomic E-state index is 0. The van der Waals surface area contributed by atoms with E-state index in [1.165, 1.54) is 51.2 Å². The van der Waals surface area contributed by atoms with E-state index in [0.29, 0.717) is 128 Å². The Morgan fingerprint density at radius 3 is 0.851 bits per heavy atom. The summed E-state index contributed by atoms with van der Waals surface area (Å²) in [7, 11) is 0. The van der Waals surface area contributed by atoms with Gasteiger partial charge in [0.1, 0.15) is 50.8 Å². The SMILES string of the molecule is BrCc1ccccc1CBr.CCOC(=O)c1c[nH]c2cc(F)c(F)cc2c1=O.CCOC(=O)c1cn(Cc2ccccc2Cn2cc(C(=O)OCC)c(=O)c3cc(F)c(F)cc32)c2cc(F)c(F)cc2c1=O.CCn1cc(C(=O)O)c(=O)c2cc(F)c(N3CCNCC3)cc21.O=C(O)c1cn(Cc2ccccc2Cn2cc(C(=O)O)c(=O)c3cc(F)c(N4CCNCC4)cc32)c2cc(N3CCNCC3)c(F)cc2c1=O.[H-].[Na+].[Na+].[OH-]. The van der Waals surface area contributed by atoms with Crippen molar-refractivity contribution in [1.29, 1.82) is 0 Å². The summed E-state index contributed by atoms with van der Waals surface area (Å²) in [5.74, 6) is -15.8. The van der Waals surface area contributed by atoms with Crippen molar-refractivity contribution in [2.45, 2.75) is 71.1 Å². The van der Waals surface area contributed by atoms with Crippen LogP contribution < -0.4 is 122 Å². The predicted molar refractivity (Wildman–Crippen MR) is 539 cm³/mol. The van der Waals surface area contributed by atoms with Gasteiger partial charge in [-0.25, -0.2) is 68.3 Å². The molecule has 0 unspecified atom stereocenters. The Morgan fingerprint density at radius 2 is 0.561 bits per heavy atom. The number of halogens is 11. The van der Waals surface area contributed by atoms with Gasteiger partial charge in [0.25, 0.3) is 0 Å². The number of esters is 3. The summed E-state index contributed by atoms with van der Waals surface area (Å²) in [6.45, 7) is 14.9. The molecule has 9 heterocycles. The van der Waals surface area contributed by atoms with E-state index in [1.807, 2.05) is 33.8 Å². The molecular formula is C104H95Br2F9N12Na2O19. The van der Waals surface area contributed by atoms with Crippen molar-refractivity contribution in [3.05, 3.63) is 363 Å². The van der Waals surface area contributed by atoms with Crippen molar-refractivity contribution < 1.29 is 164 Å². The molecular weight excluding hydrogens is 2100 g/mol. The molecule has 0 radical (unpaired) electrons. The van der Waals surface area contributed by atoms with Gasteiger partial charge in [0, 0.05) is 210 Å². The number of carbonyl (C=O) groups is 6. The number of hydrogen-bond donors (Lipinski definition) is 7. The van der Waals surface area contributed by atoms with Gasteiger partial charge in [0.15, 0.2) is 34.9 Å². The van der Waals surface area contributed by atoms with Crippen LogP contribution in [0.4, 0.5) is 56.6 Å². The van der Waals surface area contributed by atoms with Crippen LogP contribution >= 0.6 is 31.9 Å². The molecule has 3 aliphatic rings. The molecule has 0 amide bonds. The Kier molecular flexibility index (Phi) is 40.0. The number of alkyl halides is 2. The first kappa shape index (κ1) is 115. The number of nitrogens with one attached hydrogen (secondary N) is 4. The number of carbonyl (C=O) groups excluding carboxylic acids is 3. The van der Waals surface area contributed by atoms with Crippen molar-refractivity contribution in [1.82, 2.24) is 43.8 Å². The average Bonchev–Trinajstić information content (AvgIpc) is 0.760. The first-order valence-corrected chi connectivity index (χ1v) is 47.9. The van der Waals surface area contributed by atoms with Crippen LogP contribution in [0.15, 0.2) is 212 Å². The minimum Gasteiger partial charge on any atom is -1.00 e. The van der Waals surface area contributed by atoms with Crippen LogP contribution in [0.2, 0.25) is 0 Å². The molecule has 44 heteroatoms. The number of carboxylic acids is 3. The zero-order valence-corrected chi connectivity index (χ0v) is 87.7. The largest absolute Gasteiger partial charge is 1.00 e. The summed E-state index contributed by atoms with van der Waals surface area (Å²) in [5.41, 5.74) is 0.695. The molecule has 0 saturated carbocycles. The van der Waals surface area contributed by atoms with Crippen molar-refractivity contribution in [3.63, 3.8) is 0 Å². The van der Waals surface area contributed by atoms with Gasteiger partial charge >= 0.3 is 94.9 Å². The van der Waals surface area contributed by atoms with E-state index < -0.39 is 132 Å². The summed E-state index contributed by atoms with van der Waals surface area (Å²) in [4.78, 5) is 157. The maximum Gasteiger partial charge on any atom is 1.00 e. The molecule has 0 aliphatic carbocycles. The normalized spacial score (nSPS) is 12.8. The monoisotopic (exact) mass is 2190 g/mol. The Bertz CT molecular complexity index is 7720. The van der Waals surface area contributed by atoms with Crippen LogP contribution in [0, 0.1) is 52.4 Å². The van der Waals surface area contributed by atoms with Crippen molar-refractivity contribution >= 4 is 150 Å². The number of rotatable bonds is 23. The predicted octanol–water partition coefficient (Wildman–Crippen LogP) is 8.90. The molecule has 18 rings (SSSR count). The fraction of sp³-hybridized carbons (Fsp3) is 0.250. The zero-order chi connectivity index (χ0) is 104. The summed E-state index contributed by atoms with van der Waals surface area (Å²) in [6, 6.07) is 35.3. The van der Waals surface area contributed by atoms with E-state index in [9.17, 15) is 98.5 Å². The maximum atomic E-state index is 15.4. The molecule has 764 valence electrons. The molecule has 3 fully saturated rings. The molecule has 3 saturated heterocycles. The Hall–Kier alpha value is -13.4. The number of H-pyrrole nitrogens is 1.